The molecule has 3 N–H and O–H groups in total. The van der Waals surface area contributed by atoms with Crippen LogP contribution in [0.3, 0.4) is 0 Å². The molecule has 0 aliphatic carbocycles. The van der Waals surface area contributed by atoms with E-state index in [1.54, 1.807) is 12.1 Å². The number of aryl methyl sites for hydroxylation is 1. The van der Waals surface area contributed by atoms with E-state index in [2.05, 4.69) is 5.32 Å². The molecule has 0 spiro atoms. The molecule has 4 heteroatoms. The molecular formula is C14H21ClN2O. The number of halogens is 1. The van der Waals surface area contributed by atoms with Gasteiger partial charge in [0.25, 0.3) is 0 Å². The third-order valence-corrected chi connectivity index (χ3v) is 3.85. The molecule has 0 fully saturated rings. The summed E-state index contributed by atoms with van der Waals surface area (Å²) in [5, 5.41) is 3.56. The van der Waals surface area contributed by atoms with E-state index < -0.39 is 11.0 Å². The van der Waals surface area contributed by atoms with E-state index in [1.165, 1.54) is 0 Å². The first-order valence-electron chi connectivity index (χ1n) is 5.92. The van der Waals surface area contributed by atoms with Crippen LogP contribution in [0, 0.1) is 12.3 Å². The molecule has 0 aliphatic heterocycles. The Labute approximate surface area is 114 Å². The Morgan fingerprint density at radius 2 is 1.83 bits per heavy atom. The molecule has 1 aromatic carbocycles. The molecule has 0 saturated heterocycles. The SMILES string of the molecule is Cc1cc(Cl)ccc1NC(=O)C(C)(C)C(C)(C)N. The number of nitrogens with one attached hydrogen (secondary N) is 1. The smallest absolute Gasteiger partial charge is 0.231 e. The van der Waals surface area contributed by atoms with Gasteiger partial charge in [-0.2, -0.15) is 0 Å². The van der Waals surface area contributed by atoms with E-state index in [1.807, 2.05) is 40.7 Å². The van der Waals surface area contributed by atoms with Gasteiger partial charge in [-0.1, -0.05) is 11.6 Å². The molecule has 0 bridgehead atoms. The summed E-state index contributed by atoms with van der Waals surface area (Å²) in [5.74, 6) is -0.0968. The molecule has 0 radical (unpaired) electrons. The van der Waals surface area contributed by atoms with Gasteiger partial charge in [0.2, 0.25) is 5.91 Å². The van der Waals surface area contributed by atoms with Gasteiger partial charge >= 0.3 is 0 Å². The molecule has 18 heavy (non-hydrogen) atoms. The van der Waals surface area contributed by atoms with Gasteiger partial charge < -0.3 is 11.1 Å². The van der Waals surface area contributed by atoms with Gasteiger partial charge in [-0.15, -0.1) is 0 Å². The van der Waals surface area contributed by atoms with Crippen molar-refractivity contribution in [2.75, 3.05) is 5.32 Å². The highest BCUT2D eigenvalue weighted by Crippen LogP contribution is 2.30. The summed E-state index contributed by atoms with van der Waals surface area (Å²) in [6.07, 6.45) is 0. The number of nitrogens with two attached hydrogens (primary N) is 1. The average Bonchev–Trinajstić information content (AvgIpc) is 2.20. The summed E-state index contributed by atoms with van der Waals surface area (Å²) in [7, 11) is 0. The molecule has 0 aromatic heterocycles. The molecule has 0 saturated carbocycles. The lowest BCUT2D eigenvalue weighted by molar-refractivity contribution is -0.126. The zero-order valence-corrected chi connectivity index (χ0v) is 12.4. The van der Waals surface area contributed by atoms with Gasteiger partial charge in [0, 0.05) is 16.2 Å². The molecule has 0 aliphatic rings. The lowest BCUT2D eigenvalue weighted by Gasteiger charge is -2.37. The average molecular weight is 269 g/mol. The monoisotopic (exact) mass is 268 g/mol. The van der Waals surface area contributed by atoms with E-state index in [0.717, 1.165) is 11.3 Å². The van der Waals surface area contributed by atoms with Crippen molar-refractivity contribution in [3.8, 4) is 0 Å². The molecule has 0 atom stereocenters. The molecule has 0 unspecified atom stereocenters. The summed E-state index contributed by atoms with van der Waals surface area (Å²) < 4.78 is 0. The summed E-state index contributed by atoms with van der Waals surface area (Å²) in [5.41, 5.74) is 6.48. The topological polar surface area (TPSA) is 55.1 Å². The maximum atomic E-state index is 12.3. The number of carbonyl (C=O) groups is 1. The molecule has 100 valence electrons. The minimum Gasteiger partial charge on any atom is -0.325 e. The zero-order chi connectivity index (χ0) is 14.1. The van der Waals surface area contributed by atoms with Crippen molar-refractivity contribution in [3.63, 3.8) is 0 Å². The van der Waals surface area contributed by atoms with Crippen molar-refractivity contribution < 1.29 is 4.79 Å². The highest BCUT2D eigenvalue weighted by Gasteiger charge is 2.40. The van der Waals surface area contributed by atoms with Gasteiger partial charge in [-0.05, 0) is 58.4 Å². The Hall–Kier alpha value is -1.06. The zero-order valence-electron chi connectivity index (χ0n) is 11.6. The van der Waals surface area contributed by atoms with E-state index in [9.17, 15) is 4.79 Å². The largest absolute Gasteiger partial charge is 0.325 e. The fraction of sp³-hybridized carbons (Fsp3) is 0.500. The van der Waals surface area contributed by atoms with Gasteiger partial charge in [0.15, 0.2) is 0 Å². The Kier molecular flexibility index (Phi) is 4.08. The minimum atomic E-state index is -0.668. The maximum Gasteiger partial charge on any atom is 0.231 e. The Bertz CT molecular complexity index is 461. The second-order valence-corrected chi connectivity index (χ2v) is 6.20. The van der Waals surface area contributed by atoms with E-state index >= 15 is 0 Å². The Morgan fingerprint density at radius 3 is 2.28 bits per heavy atom. The fourth-order valence-corrected chi connectivity index (χ4v) is 1.57. The van der Waals surface area contributed by atoms with Crippen LogP contribution in [0.1, 0.15) is 33.3 Å². The summed E-state index contributed by atoms with van der Waals surface area (Å²) in [6, 6.07) is 5.37. The van der Waals surface area contributed by atoms with Crippen LogP contribution in [0.25, 0.3) is 0 Å². The Morgan fingerprint density at radius 1 is 1.28 bits per heavy atom. The fourth-order valence-electron chi connectivity index (χ4n) is 1.34. The number of anilines is 1. The molecule has 1 aromatic rings. The third kappa shape index (κ3) is 3.03. The first-order chi connectivity index (χ1) is 8.05. The number of carbonyl (C=O) groups excluding carboxylic acids is 1. The number of rotatable bonds is 3. The normalized spacial score (nSPS) is 12.4. The van der Waals surface area contributed by atoms with Gasteiger partial charge in [-0.3, -0.25) is 4.79 Å². The van der Waals surface area contributed by atoms with E-state index in [0.29, 0.717) is 5.02 Å². The number of benzene rings is 1. The van der Waals surface area contributed by atoms with Gasteiger partial charge in [-0.25, -0.2) is 0 Å². The highest BCUT2D eigenvalue weighted by molar-refractivity contribution is 6.30. The van der Waals surface area contributed by atoms with Crippen LogP contribution in [0.15, 0.2) is 18.2 Å². The predicted octanol–water partition coefficient (Wildman–Crippen LogP) is 3.35. The van der Waals surface area contributed by atoms with Gasteiger partial charge in [0.05, 0.1) is 5.41 Å². The lowest BCUT2D eigenvalue weighted by Crippen LogP contribution is -2.53. The van der Waals surface area contributed by atoms with E-state index in [4.69, 9.17) is 17.3 Å². The number of amides is 1. The van der Waals surface area contributed by atoms with Crippen LogP contribution in [-0.4, -0.2) is 11.4 Å². The molecule has 1 rings (SSSR count). The minimum absolute atomic E-state index is 0.0968. The van der Waals surface area contributed by atoms with Crippen LogP contribution < -0.4 is 11.1 Å². The molecule has 3 nitrogen and oxygen atoms in total. The van der Waals surface area contributed by atoms with Crippen molar-refractivity contribution >= 4 is 23.2 Å². The maximum absolute atomic E-state index is 12.3. The van der Waals surface area contributed by atoms with Crippen molar-refractivity contribution in [3.05, 3.63) is 28.8 Å². The standard InChI is InChI=1S/C14H21ClN2O/c1-9-8-10(15)6-7-11(9)17-12(18)13(2,3)14(4,5)16/h6-8H,16H2,1-5H3,(H,17,18). The van der Waals surface area contributed by atoms with Crippen LogP contribution in [0.2, 0.25) is 5.02 Å². The molecular weight excluding hydrogens is 248 g/mol. The first kappa shape index (κ1) is 15.0. The quantitative estimate of drug-likeness (QED) is 0.883. The van der Waals surface area contributed by atoms with Crippen molar-refractivity contribution in [1.29, 1.82) is 0 Å². The van der Waals surface area contributed by atoms with Crippen LogP contribution >= 0.6 is 11.6 Å². The van der Waals surface area contributed by atoms with E-state index in [-0.39, 0.29) is 5.91 Å². The highest BCUT2D eigenvalue weighted by atomic mass is 35.5. The second-order valence-electron chi connectivity index (χ2n) is 5.76. The molecule has 0 heterocycles. The summed E-state index contributed by atoms with van der Waals surface area (Å²) in [6.45, 7) is 9.28. The lowest BCUT2D eigenvalue weighted by atomic mass is 9.74. The number of hydrogen-bond acceptors (Lipinski definition) is 2. The summed E-state index contributed by atoms with van der Waals surface area (Å²) >= 11 is 5.88. The summed E-state index contributed by atoms with van der Waals surface area (Å²) in [4.78, 5) is 12.3. The molecule has 1 amide bonds. The van der Waals surface area contributed by atoms with Crippen LogP contribution in [-0.2, 0) is 4.79 Å². The van der Waals surface area contributed by atoms with Crippen LogP contribution in [0.4, 0.5) is 5.69 Å². The number of hydrogen-bond donors (Lipinski definition) is 2. The van der Waals surface area contributed by atoms with Crippen molar-refractivity contribution in [2.45, 2.75) is 40.2 Å². The second kappa shape index (κ2) is 4.90. The van der Waals surface area contributed by atoms with Crippen LogP contribution in [0.5, 0.6) is 0 Å². The first-order valence-corrected chi connectivity index (χ1v) is 6.30. The Balaban J connectivity index is 2.95. The third-order valence-electron chi connectivity index (χ3n) is 3.62. The van der Waals surface area contributed by atoms with Gasteiger partial charge in [0.1, 0.15) is 0 Å². The van der Waals surface area contributed by atoms with Crippen molar-refractivity contribution in [2.24, 2.45) is 11.1 Å². The van der Waals surface area contributed by atoms with Crippen molar-refractivity contribution in [1.82, 2.24) is 0 Å². The predicted molar refractivity (Wildman–Crippen MR) is 76.9 cm³/mol.